The molecule has 1 N–H and O–H groups in total. The summed E-state index contributed by atoms with van der Waals surface area (Å²) >= 11 is 0. The van der Waals surface area contributed by atoms with Crippen LogP contribution in [0.2, 0.25) is 0 Å². The molecule has 3 aromatic rings. The predicted molar refractivity (Wildman–Crippen MR) is 134 cm³/mol. The number of carbonyl (C=O) groups is 1. The Labute approximate surface area is 222 Å². The Bertz CT molecular complexity index is 1370. The van der Waals surface area contributed by atoms with Crippen molar-refractivity contribution in [3.8, 4) is 17.0 Å². The van der Waals surface area contributed by atoms with Crippen molar-refractivity contribution in [1.82, 2.24) is 10.1 Å². The first-order valence-corrected chi connectivity index (χ1v) is 13.1. The summed E-state index contributed by atoms with van der Waals surface area (Å²) in [5.41, 5.74) is 2.20. The van der Waals surface area contributed by atoms with E-state index in [1.165, 1.54) is 18.3 Å². The number of carboxylic acids is 1. The van der Waals surface area contributed by atoms with E-state index in [1.807, 2.05) is 6.92 Å². The molecule has 11 heteroatoms. The number of aromatic nitrogens is 2. The maximum atomic E-state index is 13.1. The molecule has 8 nitrogen and oxygen atoms in total. The van der Waals surface area contributed by atoms with Gasteiger partial charge < -0.3 is 24.0 Å². The summed E-state index contributed by atoms with van der Waals surface area (Å²) in [6, 6.07) is 8.01. The summed E-state index contributed by atoms with van der Waals surface area (Å²) in [4.78, 5) is 18.1. The summed E-state index contributed by atoms with van der Waals surface area (Å²) < 4.78 is 55.5. The number of carboxylic acid groups (broad SMARTS) is 1. The number of anilines is 1. The number of hydrogen-bond donors (Lipinski definition) is 1. The second kappa shape index (κ2) is 9.86. The molecule has 206 valence electrons. The number of para-hydroxylation sites is 1. The Morgan fingerprint density at radius 1 is 1.15 bits per heavy atom. The van der Waals surface area contributed by atoms with Crippen LogP contribution in [0.4, 0.5) is 19.0 Å². The van der Waals surface area contributed by atoms with E-state index >= 15 is 0 Å². The number of fused-ring (bicyclic) bond motifs is 2. The molecule has 2 aliphatic heterocycles. The van der Waals surface area contributed by atoms with Crippen LogP contribution in [0.1, 0.15) is 71.7 Å². The van der Waals surface area contributed by atoms with E-state index < -0.39 is 12.3 Å². The van der Waals surface area contributed by atoms with Gasteiger partial charge in [-0.3, -0.25) is 0 Å². The SMILES string of the molecule is Cc1cc(C(=O)O)cnc1N1C2CC[C@H]1CC(OCc1c(-c3ccccc3OC(F)(F)F)noc1C1CC1)C2. The molecule has 3 fully saturated rings. The highest BCUT2D eigenvalue weighted by Crippen LogP contribution is 2.46. The van der Waals surface area contributed by atoms with Crippen molar-refractivity contribution in [3.63, 3.8) is 0 Å². The second-order valence-electron chi connectivity index (χ2n) is 10.6. The molecule has 0 spiro atoms. The Balaban J connectivity index is 1.20. The summed E-state index contributed by atoms with van der Waals surface area (Å²) in [5.74, 6) is 0.347. The first-order chi connectivity index (χ1) is 18.7. The highest BCUT2D eigenvalue weighted by molar-refractivity contribution is 5.87. The van der Waals surface area contributed by atoms with Gasteiger partial charge in [0, 0.05) is 35.3 Å². The zero-order valence-electron chi connectivity index (χ0n) is 21.3. The van der Waals surface area contributed by atoms with Crippen molar-refractivity contribution in [1.29, 1.82) is 0 Å². The lowest BCUT2D eigenvalue weighted by atomic mass is 9.98. The quantitative estimate of drug-likeness (QED) is 0.357. The average Bonchev–Trinajstić information content (AvgIpc) is 3.59. The third-order valence-electron chi connectivity index (χ3n) is 7.83. The zero-order valence-corrected chi connectivity index (χ0v) is 21.3. The monoisotopic (exact) mass is 543 g/mol. The van der Waals surface area contributed by atoms with Crippen LogP contribution in [0.25, 0.3) is 11.3 Å². The van der Waals surface area contributed by atoms with E-state index in [4.69, 9.17) is 9.26 Å². The van der Waals surface area contributed by atoms with Crippen LogP contribution in [0.5, 0.6) is 5.75 Å². The van der Waals surface area contributed by atoms with Gasteiger partial charge in [-0.25, -0.2) is 9.78 Å². The molecule has 0 radical (unpaired) electrons. The van der Waals surface area contributed by atoms with E-state index in [0.29, 0.717) is 17.0 Å². The average molecular weight is 544 g/mol. The number of hydrogen-bond acceptors (Lipinski definition) is 7. The van der Waals surface area contributed by atoms with Crippen LogP contribution in [0, 0.1) is 6.92 Å². The number of aromatic carboxylic acids is 1. The smallest absolute Gasteiger partial charge is 0.478 e. The van der Waals surface area contributed by atoms with Crippen molar-refractivity contribution in [2.24, 2.45) is 0 Å². The van der Waals surface area contributed by atoms with Crippen LogP contribution in [-0.2, 0) is 11.3 Å². The third kappa shape index (κ3) is 5.19. The van der Waals surface area contributed by atoms with E-state index in [2.05, 4.69) is 19.8 Å². The molecule has 1 aromatic carbocycles. The Hall–Kier alpha value is -3.60. The topological polar surface area (TPSA) is 97.9 Å². The van der Waals surface area contributed by atoms with Gasteiger partial charge in [0.2, 0.25) is 0 Å². The largest absolute Gasteiger partial charge is 0.573 e. The number of piperidine rings is 1. The zero-order chi connectivity index (χ0) is 27.3. The van der Waals surface area contributed by atoms with Crippen LogP contribution in [0.15, 0.2) is 41.1 Å². The van der Waals surface area contributed by atoms with E-state index in [1.54, 1.807) is 18.2 Å². The van der Waals surface area contributed by atoms with Crippen LogP contribution in [-0.4, -0.2) is 45.8 Å². The molecular formula is C28H28F3N3O5. The van der Waals surface area contributed by atoms with Gasteiger partial charge >= 0.3 is 12.3 Å². The first kappa shape index (κ1) is 25.7. The maximum absolute atomic E-state index is 13.1. The molecule has 4 heterocycles. The lowest BCUT2D eigenvalue weighted by molar-refractivity contribution is -0.274. The highest BCUT2D eigenvalue weighted by atomic mass is 19.4. The number of halogens is 3. The van der Waals surface area contributed by atoms with Gasteiger partial charge in [0.25, 0.3) is 0 Å². The molecule has 3 atom stereocenters. The van der Waals surface area contributed by atoms with Gasteiger partial charge in [-0.05, 0) is 69.2 Å². The number of pyridine rings is 1. The summed E-state index contributed by atoms with van der Waals surface area (Å²) in [7, 11) is 0. The lowest BCUT2D eigenvalue weighted by Gasteiger charge is -2.40. The third-order valence-corrected chi connectivity index (χ3v) is 7.83. The minimum absolute atomic E-state index is 0.0474. The molecule has 1 saturated carbocycles. The number of alkyl halides is 3. The van der Waals surface area contributed by atoms with Crippen molar-refractivity contribution in [3.05, 3.63) is 59.0 Å². The van der Waals surface area contributed by atoms with Gasteiger partial charge in [0.15, 0.2) is 0 Å². The van der Waals surface area contributed by atoms with Gasteiger partial charge in [0.1, 0.15) is 23.0 Å². The number of nitrogens with zero attached hydrogens (tertiary/aromatic N) is 3. The molecule has 6 rings (SSSR count). The molecule has 2 bridgehead atoms. The Kier molecular flexibility index (Phi) is 6.49. The van der Waals surface area contributed by atoms with E-state index in [9.17, 15) is 23.1 Å². The number of benzene rings is 1. The molecule has 2 saturated heterocycles. The molecule has 3 aliphatic rings. The summed E-state index contributed by atoms with van der Waals surface area (Å²) in [5, 5.41) is 13.4. The standard InChI is InChI=1S/C28H28F3N3O5/c1-15-10-17(27(35)36)13-32-26(15)34-18-8-9-19(34)12-20(11-18)37-14-22-24(33-39-25(22)16-6-7-16)21-4-2-3-5-23(21)38-28(29,30)31/h2-5,10,13,16,18-20H,6-9,11-12,14H2,1H3,(H,35,36)/t18-,19?,20?/m0/s1. The number of ether oxygens (including phenoxy) is 2. The second-order valence-corrected chi connectivity index (χ2v) is 10.6. The minimum atomic E-state index is -4.83. The Morgan fingerprint density at radius 2 is 1.87 bits per heavy atom. The minimum Gasteiger partial charge on any atom is -0.478 e. The molecular weight excluding hydrogens is 515 g/mol. The fourth-order valence-corrected chi connectivity index (χ4v) is 5.98. The van der Waals surface area contributed by atoms with Crippen molar-refractivity contribution >= 4 is 11.8 Å². The van der Waals surface area contributed by atoms with Crippen molar-refractivity contribution in [2.45, 2.75) is 82.5 Å². The van der Waals surface area contributed by atoms with Crippen LogP contribution >= 0.6 is 0 Å². The van der Waals surface area contributed by atoms with Crippen molar-refractivity contribution < 1.29 is 37.1 Å². The van der Waals surface area contributed by atoms with E-state index in [0.717, 1.165) is 49.9 Å². The highest BCUT2D eigenvalue weighted by Gasteiger charge is 2.43. The van der Waals surface area contributed by atoms with E-state index in [-0.39, 0.29) is 47.6 Å². The van der Waals surface area contributed by atoms with Gasteiger partial charge in [0.05, 0.1) is 18.3 Å². The van der Waals surface area contributed by atoms with Gasteiger partial charge in [-0.1, -0.05) is 17.3 Å². The van der Waals surface area contributed by atoms with Crippen LogP contribution in [0.3, 0.4) is 0 Å². The molecule has 2 aromatic heterocycles. The fourth-order valence-electron chi connectivity index (χ4n) is 5.98. The van der Waals surface area contributed by atoms with Crippen molar-refractivity contribution in [2.75, 3.05) is 4.90 Å². The van der Waals surface area contributed by atoms with Gasteiger partial charge in [-0.2, -0.15) is 0 Å². The maximum Gasteiger partial charge on any atom is 0.573 e. The molecule has 39 heavy (non-hydrogen) atoms. The fraction of sp³-hybridized carbons (Fsp3) is 0.464. The number of rotatable bonds is 8. The predicted octanol–water partition coefficient (Wildman–Crippen LogP) is 6.24. The first-order valence-electron chi connectivity index (χ1n) is 13.1. The van der Waals surface area contributed by atoms with Crippen LogP contribution < -0.4 is 9.64 Å². The molecule has 0 amide bonds. The Morgan fingerprint density at radius 3 is 2.51 bits per heavy atom. The normalized spacial score (nSPS) is 22.8. The number of aryl methyl sites for hydroxylation is 1. The summed E-state index contributed by atoms with van der Waals surface area (Å²) in [6.07, 6.45) is 1.92. The molecule has 1 aliphatic carbocycles. The summed E-state index contributed by atoms with van der Waals surface area (Å²) in [6.45, 7) is 2.06. The van der Waals surface area contributed by atoms with Gasteiger partial charge in [-0.15, -0.1) is 13.2 Å². The molecule has 2 unspecified atom stereocenters. The lowest BCUT2D eigenvalue weighted by Crippen LogP contribution is -2.46.